The van der Waals surface area contributed by atoms with E-state index in [1.165, 1.54) is 6.07 Å². The lowest BCUT2D eigenvalue weighted by Crippen LogP contribution is -2.49. The quantitative estimate of drug-likeness (QED) is 0.567. The molecular weight excluding hydrogens is 437 g/mol. The molecule has 1 amide bonds. The summed E-state index contributed by atoms with van der Waals surface area (Å²) >= 11 is 0. The average Bonchev–Trinajstić information content (AvgIpc) is 3.14. The second kappa shape index (κ2) is 9.13. The summed E-state index contributed by atoms with van der Waals surface area (Å²) in [6, 6.07) is 9.36. The Labute approximate surface area is 188 Å². The van der Waals surface area contributed by atoms with Crippen LogP contribution < -0.4 is 9.64 Å². The zero-order chi connectivity index (χ0) is 23.6. The third kappa shape index (κ3) is 5.10. The summed E-state index contributed by atoms with van der Waals surface area (Å²) in [6.45, 7) is 5.78. The number of pyridine rings is 1. The molecule has 0 saturated carbocycles. The van der Waals surface area contributed by atoms with Gasteiger partial charge in [0.15, 0.2) is 0 Å². The smallest absolute Gasteiger partial charge is 0.417 e. The van der Waals surface area contributed by atoms with Crippen LogP contribution in [-0.4, -0.2) is 47.1 Å². The highest BCUT2D eigenvalue weighted by molar-refractivity contribution is 5.94. The fourth-order valence-electron chi connectivity index (χ4n) is 3.64. The van der Waals surface area contributed by atoms with E-state index in [1.54, 1.807) is 29.2 Å². The van der Waals surface area contributed by atoms with Crippen LogP contribution in [0.25, 0.3) is 0 Å². The van der Waals surface area contributed by atoms with Gasteiger partial charge in [-0.3, -0.25) is 4.79 Å². The van der Waals surface area contributed by atoms with Gasteiger partial charge in [-0.25, -0.2) is 4.98 Å². The molecule has 0 atom stereocenters. The van der Waals surface area contributed by atoms with E-state index in [2.05, 4.69) is 10.1 Å². The molecular formula is C23H23F3N4O3. The molecule has 1 saturated heterocycles. The van der Waals surface area contributed by atoms with E-state index in [-0.39, 0.29) is 12.5 Å². The van der Waals surface area contributed by atoms with Gasteiger partial charge in [-0.05, 0) is 44.2 Å². The van der Waals surface area contributed by atoms with Gasteiger partial charge in [-0.2, -0.15) is 13.2 Å². The molecule has 1 fully saturated rings. The fraction of sp³-hybridized carbons (Fsp3) is 0.348. The Kier molecular flexibility index (Phi) is 6.26. The summed E-state index contributed by atoms with van der Waals surface area (Å²) in [5.41, 5.74) is 1.36. The Morgan fingerprint density at radius 2 is 1.88 bits per heavy atom. The highest BCUT2D eigenvalue weighted by Crippen LogP contribution is 2.29. The Morgan fingerprint density at radius 3 is 2.48 bits per heavy atom. The number of ether oxygens (including phenoxy) is 1. The number of hydrogen-bond acceptors (Lipinski definition) is 6. The van der Waals surface area contributed by atoms with Crippen LogP contribution in [0.1, 0.15) is 32.9 Å². The number of benzene rings is 1. The molecule has 1 aromatic carbocycles. The lowest BCUT2D eigenvalue weighted by atomic mass is 10.1. The van der Waals surface area contributed by atoms with E-state index >= 15 is 0 Å². The van der Waals surface area contributed by atoms with E-state index < -0.39 is 11.7 Å². The van der Waals surface area contributed by atoms with Crippen molar-refractivity contribution in [1.29, 1.82) is 0 Å². The number of rotatable bonds is 5. The van der Waals surface area contributed by atoms with E-state index in [9.17, 15) is 18.0 Å². The van der Waals surface area contributed by atoms with Crippen LogP contribution in [0.15, 0.2) is 47.1 Å². The number of aryl methyl sites for hydroxylation is 2. The van der Waals surface area contributed by atoms with Crippen LogP contribution in [0, 0.1) is 13.8 Å². The van der Waals surface area contributed by atoms with Gasteiger partial charge < -0.3 is 19.1 Å². The Balaban J connectivity index is 1.35. The largest absolute Gasteiger partial charge is 0.489 e. The van der Waals surface area contributed by atoms with Gasteiger partial charge in [0.1, 0.15) is 23.9 Å². The lowest BCUT2D eigenvalue weighted by Gasteiger charge is -2.35. The molecule has 3 heterocycles. The molecule has 0 N–H and O–H groups in total. The van der Waals surface area contributed by atoms with Gasteiger partial charge in [-0.15, -0.1) is 0 Å². The number of anilines is 1. The van der Waals surface area contributed by atoms with Gasteiger partial charge in [-0.1, -0.05) is 11.2 Å². The van der Waals surface area contributed by atoms with Crippen molar-refractivity contribution in [3.05, 3.63) is 70.7 Å². The number of piperazine rings is 1. The van der Waals surface area contributed by atoms with Crippen molar-refractivity contribution in [1.82, 2.24) is 15.0 Å². The molecule has 33 heavy (non-hydrogen) atoms. The minimum absolute atomic E-state index is 0.127. The zero-order valence-electron chi connectivity index (χ0n) is 18.2. The van der Waals surface area contributed by atoms with Crippen molar-refractivity contribution in [2.24, 2.45) is 0 Å². The first-order valence-electron chi connectivity index (χ1n) is 10.4. The number of amides is 1. The molecule has 0 spiro atoms. The van der Waals surface area contributed by atoms with Crippen LogP contribution in [-0.2, 0) is 12.8 Å². The Hall–Kier alpha value is -3.56. The van der Waals surface area contributed by atoms with Gasteiger partial charge in [0, 0.05) is 37.9 Å². The Morgan fingerprint density at radius 1 is 1.12 bits per heavy atom. The molecule has 7 nitrogen and oxygen atoms in total. The average molecular weight is 460 g/mol. The monoisotopic (exact) mass is 460 g/mol. The standard InChI is InChI=1S/C23H23F3N4O3/c1-15-20(16(2)33-28-15)14-32-19-5-3-4-17(12-19)22(31)30-10-8-29(9-11-30)21-7-6-18(13-27-21)23(24,25)26/h3-7,12-13H,8-11,14H2,1-2H3. The van der Waals surface area contributed by atoms with Gasteiger partial charge in [0.05, 0.1) is 16.8 Å². The SMILES string of the molecule is Cc1noc(C)c1COc1cccc(C(=O)N2CCN(c3ccc(C(F)(F)F)cn3)CC2)c1. The van der Waals surface area contributed by atoms with Crippen LogP contribution in [0.3, 0.4) is 0 Å². The molecule has 0 radical (unpaired) electrons. The summed E-state index contributed by atoms with van der Waals surface area (Å²) in [6.07, 6.45) is -3.58. The van der Waals surface area contributed by atoms with Crippen molar-refractivity contribution >= 4 is 11.7 Å². The number of nitrogens with zero attached hydrogens (tertiary/aromatic N) is 4. The first kappa shape index (κ1) is 22.6. The number of halogens is 3. The number of hydrogen-bond donors (Lipinski definition) is 0. The maximum Gasteiger partial charge on any atom is 0.417 e. The van der Waals surface area contributed by atoms with Crippen LogP contribution in [0.4, 0.5) is 19.0 Å². The van der Waals surface area contributed by atoms with Crippen molar-refractivity contribution in [3.8, 4) is 5.75 Å². The predicted molar refractivity (Wildman–Crippen MR) is 114 cm³/mol. The Bertz CT molecular complexity index is 1100. The summed E-state index contributed by atoms with van der Waals surface area (Å²) in [4.78, 5) is 20.5. The lowest BCUT2D eigenvalue weighted by molar-refractivity contribution is -0.137. The molecule has 4 rings (SSSR count). The molecule has 0 unspecified atom stereocenters. The first-order chi connectivity index (χ1) is 15.7. The van der Waals surface area contributed by atoms with Crippen LogP contribution in [0.5, 0.6) is 5.75 Å². The van der Waals surface area contributed by atoms with Crippen molar-refractivity contribution < 1.29 is 27.2 Å². The van der Waals surface area contributed by atoms with Crippen molar-refractivity contribution in [2.75, 3.05) is 31.1 Å². The van der Waals surface area contributed by atoms with Gasteiger partial charge >= 0.3 is 6.18 Å². The molecule has 1 aliphatic rings. The number of alkyl halides is 3. The predicted octanol–water partition coefficient (Wildman–Crippen LogP) is 4.25. The van der Waals surface area contributed by atoms with Crippen LogP contribution in [0.2, 0.25) is 0 Å². The molecule has 174 valence electrons. The number of carbonyl (C=O) groups is 1. The van der Waals surface area contributed by atoms with Gasteiger partial charge in [0.25, 0.3) is 5.91 Å². The number of carbonyl (C=O) groups excluding carboxylic acids is 1. The van der Waals surface area contributed by atoms with Crippen LogP contribution >= 0.6 is 0 Å². The summed E-state index contributed by atoms with van der Waals surface area (Å²) in [5.74, 6) is 1.59. The number of aromatic nitrogens is 2. The second-order valence-electron chi connectivity index (χ2n) is 7.80. The first-order valence-corrected chi connectivity index (χ1v) is 10.4. The molecule has 1 aliphatic heterocycles. The highest BCUT2D eigenvalue weighted by atomic mass is 19.4. The molecule has 10 heteroatoms. The maximum atomic E-state index is 13.0. The highest BCUT2D eigenvalue weighted by Gasteiger charge is 2.31. The van der Waals surface area contributed by atoms with Crippen molar-refractivity contribution in [3.63, 3.8) is 0 Å². The van der Waals surface area contributed by atoms with E-state index in [1.807, 2.05) is 18.7 Å². The van der Waals surface area contributed by atoms with Crippen molar-refractivity contribution in [2.45, 2.75) is 26.6 Å². The summed E-state index contributed by atoms with van der Waals surface area (Å²) < 4.78 is 49.2. The minimum Gasteiger partial charge on any atom is -0.489 e. The fourth-order valence-corrected chi connectivity index (χ4v) is 3.64. The third-order valence-corrected chi connectivity index (χ3v) is 5.61. The van der Waals surface area contributed by atoms with E-state index in [4.69, 9.17) is 9.26 Å². The summed E-state index contributed by atoms with van der Waals surface area (Å²) in [7, 11) is 0. The molecule has 2 aromatic heterocycles. The zero-order valence-corrected chi connectivity index (χ0v) is 18.2. The maximum absolute atomic E-state index is 13.0. The van der Waals surface area contributed by atoms with E-state index in [0.29, 0.717) is 49.1 Å². The van der Waals surface area contributed by atoms with Gasteiger partial charge in [0.2, 0.25) is 0 Å². The second-order valence-corrected chi connectivity index (χ2v) is 7.80. The molecule has 3 aromatic rings. The molecule has 0 aliphatic carbocycles. The minimum atomic E-state index is -4.41. The van der Waals surface area contributed by atoms with E-state index in [0.717, 1.165) is 23.5 Å². The topological polar surface area (TPSA) is 71.7 Å². The normalized spacial score (nSPS) is 14.5. The third-order valence-electron chi connectivity index (χ3n) is 5.61. The summed E-state index contributed by atoms with van der Waals surface area (Å²) in [5, 5.41) is 3.90. The molecule has 0 bridgehead atoms.